The van der Waals surface area contributed by atoms with Gasteiger partial charge < -0.3 is 10.6 Å². The van der Waals surface area contributed by atoms with E-state index in [9.17, 15) is 0 Å². The van der Waals surface area contributed by atoms with E-state index >= 15 is 0 Å². The maximum atomic E-state index is 5.77. The van der Waals surface area contributed by atoms with E-state index < -0.39 is 0 Å². The number of pyridine rings is 1. The summed E-state index contributed by atoms with van der Waals surface area (Å²) in [5.41, 5.74) is 6.97. The summed E-state index contributed by atoms with van der Waals surface area (Å²) in [5, 5.41) is 0. The molecule has 1 aromatic rings. The van der Waals surface area contributed by atoms with Gasteiger partial charge in [0.2, 0.25) is 0 Å². The fourth-order valence-corrected chi connectivity index (χ4v) is 1.83. The first-order valence-electron chi connectivity index (χ1n) is 6.95. The molecule has 2 N–H and O–H groups in total. The Balaban J connectivity index is 2.69. The molecule has 102 valence electrons. The second kappa shape index (κ2) is 7.24. The van der Waals surface area contributed by atoms with Crippen LogP contribution in [0.4, 0.5) is 11.5 Å². The van der Waals surface area contributed by atoms with Crippen molar-refractivity contribution in [1.29, 1.82) is 0 Å². The largest absolute Gasteiger partial charge is 0.384 e. The lowest BCUT2D eigenvalue weighted by atomic mass is 10.1. The Kier molecular flexibility index (Phi) is 5.96. The van der Waals surface area contributed by atoms with Crippen molar-refractivity contribution in [1.82, 2.24) is 4.98 Å². The first-order valence-corrected chi connectivity index (χ1v) is 6.95. The molecule has 0 saturated heterocycles. The Morgan fingerprint density at radius 2 is 1.67 bits per heavy atom. The van der Waals surface area contributed by atoms with Gasteiger partial charge in [0, 0.05) is 31.0 Å². The SMILES string of the molecule is CC(C)CCN(CCC(C)C)c1ccnc(N)c1. The number of aromatic nitrogens is 1. The predicted molar refractivity (Wildman–Crippen MR) is 79.8 cm³/mol. The van der Waals surface area contributed by atoms with Crippen LogP contribution in [0.15, 0.2) is 18.3 Å². The van der Waals surface area contributed by atoms with Gasteiger partial charge in [-0.3, -0.25) is 0 Å². The molecule has 0 bridgehead atoms. The standard InChI is InChI=1S/C15H27N3/c1-12(2)6-9-18(10-7-13(3)4)14-5-8-17-15(16)11-14/h5,8,11-13H,6-7,9-10H2,1-4H3,(H2,16,17). The van der Waals surface area contributed by atoms with Gasteiger partial charge in [-0.05, 0) is 30.7 Å². The topological polar surface area (TPSA) is 42.2 Å². The lowest BCUT2D eigenvalue weighted by molar-refractivity contribution is 0.535. The molecule has 3 nitrogen and oxygen atoms in total. The highest BCUT2D eigenvalue weighted by Gasteiger charge is 2.09. The Hall–Kier alpha value is -1.25. The first kappa shape index (κ1) is 14.8. The molecule has 0 fully saturated rings. The van der Waals surface area contributed by atoms with Crippen molar-refractivity contribution in [3.63, 3.8) is 0 Å². The molecule has 0 unspecified atom stereocenters. The Morgan fingerprint density at radius 1 is 1.11 bits per heavy atom. The van der Waals surface area contributed by atoms with Gasteiger partial charge in [-0.1, -0.05) is 27.7 Å². The highest BCUT2D eigenvalue weighted by Crippen LogP contribution is 2.18. The fourth-order valence-electron chi connectivity index (χ4n) is 1.83. The average Bonchev–Trinajstić information content (AvgIpc) is 2.28. The molecule has 0 radical (unpaired) electrons. The molecule has 18 heavy (non-hydrogen) atoms. The monoisotopic (exact) mass is 249 g/mol. The van der Waals surface area contributed by atoms with Crippen molar-refractivity contribution < 1.29 is 0 Å². The zero-order valence-electron chi connectivity index (χ0n) is 12.2. The van der Waals surface area contributed by atoms with Gasteiger partial charge >= 0.3 is 0 Å². The molecule has 0 aliphatic carbocycles. The van der Waals surface area contributed by atoms with Gasteiger partial charge in [-0.25, -0.2) is 4.98 Å². The van der Waals surface area contributed by atoms with E-state index in [1.807, 2.05) is 6.07 Å². The van der Waals surface area contributed by atoms with E-state index in [-0.39, 0.29) is 0 Å². The van der Waals surface area contributed by atoms with Crippen molar-refractivity contribution >= 4 is 11.5 Å². The number of rotatable bonds is 7. The van der Waals surface area contributed by atoms with Gasteiger partial charge in [0.25, 0.3) is 0 Å². The van der Waals surface area contributed by atoms with Gasteiger partial charge in [0.1, 0.15) is 5.82 Å². The minimum Gasteiger partial charge on any atom is -0.384 e. The molecule has 0 aromatic carbocycles. The van der Waals surface area contributed by atoms with E-state index in [0.717, 1.165) is 24.9 Å². The number of nitrogens with two attached hydrogens (primary N) is 1. The molecule has 1 rings (SSSR count). The maximum absolute atomic E-state index is 5.77. The normalized spacial score (nSPS) is 11.2. The van der Waals surface area contributed by atoms with Gasteiger partial charge in [-0.15, -0.1) is 0 Å². The third kappa shape index (κ3) is 5.39. The Bertz CT molecular complexity index is 335. The second-order valence-corrected chi connectivity index (χ2v) is 5.79. The summed E-state index contributed by atoms with van der Waals surface area (Å²) in [6.45, 7) is 11.2. The maximum Gasteiger partial charge on any atom is 0.125 e. The van der Waals surface area contributed by atoms with Crippen molar-refractivity contribution in [2.45, 2.75) is 40.5 Å². The van der Waals surface area contributed by atoms with Crippen molar-refractivity contribution in [3.05, 3.63) is 18.3 Å². The van der Waals surface area contributed by atoms with Crippen LogP contribution in [0.25, 0.3) is 0 Å². The molecule has 0 aliphatic rings. The van der Waals surface area contributed by atoms with Crippen LogP contribution in [-0.4, -0.2) is 18.1 Å². The Labute approximate surface area is 111 Å². The number of anilines is 2. The molecule has 0 atom stereocenters. The first-order chi connectivity index (χ1) is 8.49. The van der Waals surface area contributed by atoms with Crippen LogP contribution in [0.3, 0.4) is 0 Å². The van der Waals surface area contributed by atoms with Crippen LogP contribution in [0.1, 0.15) is 40.5 Å². The number of hydrogen-bond acceptors (Lipinski definition) is 3. The molecular formula is C15H27N3. The van der Waals surface area contributed by atoms with E-state index in [2.05, 4.69) is 43.6 Å². The lowest BCUT2D eigenvalue weighted by Crippen LogP contribution is -2.27. The number of nitrogen functional groups attached to an aromatic ring is 1. The summed E-state index contributed by atoms with van der Waals surface area (Å²) >= 11 is 0. The van der Waals surface area contributed by atoms with E-state index in [0.29, 0.717) is 5.82 Å². The van der Waals surface area contributed by atoms with E-state index in [4.69, 9.17) is 5.73 Å². The van der Waals surface area contributed by atoms with E-state index in [1.54, 1.807) is 6.20 Å². The Morgan fingerprint density at radius 3 is 2.11 bits per heavy atom. The van der Waals surface area contributed by atoms with Crippen molar-refractivity contribution in [2.24, 2.45) is 11.8 Å². The highest BCUT2D eigenvalue weighted by molar-refractivity contribution is 5.51. The molecule has 0 saturated carbocycles. The van der Waals surface area contributed by atoms with Crippen LogP contribution in [-0.2, 0) is 0 Å². The molecule has 1 aromatic heterocycles. The molecule has 0 aliphatic heterocycles. The average molecular weight is 249 g/mol. The molecule has 1 heterocycles. The van der Waals surface area contributed by atoms with Gasteiger partial charge in [0.15, 0.2) is 0 Å². The third-order valence-electron chi connectivity index (χ3n) is 3.08. The third-order valence-corrected chi connectivity index (χ3v) is 3.08. The van der Waals surface area contributed by atoms with Crippen molar-refractivity contribution in [3.8, 4) is 0 Å². The van der Waals surface area contributed by atoms with Crippen molar-refractivity contribution in [2.75, 3.05) is 23.7 Å². The van der Waals surface area contributed by atoms with Crippen LogP contribution in [0.5, 0.6) is 0 Å². The quantitative estimate of drug-likeness (QED) is 0.803. The summed E-state index contributed by atoms with van der Waals surface area (Å²) in [5.74, 6) is 2.06. The number of hydrogen-bond donors (Lipinski definition) is 1. The number of nitrogens with zero attached hydrogens (tertiary/aromatic N) is 2. The molecular weight excluding hydrogens is 222 g/mol. The minimum absolute atomic E-state index is 0.603. The lowest BCUT2D eigenvalue weighted by Gasteiger charge is -2.26. The van der Waals surface area contributed by atoms with Crippen LogP contribution in [0.2, 0.25) is 0 Å². The summed E-state index contributed by atoms with van der Waals surface area (Å²) in [6.07, 6.45) is 4.21. The van der Waals surface area contributed by atoms with E-state index in [1.165, 1.54) is 18.5 Å². The second-order valence-electron chi connectivity index (χ2n) is 5.79. The smallest absolute Gasteiger partial charge is 0.125 e. The summed E-state index contributed by atoms with van der Waals surface area (Å²) < 4.78 is 0. The van der Waals surface area contributed by atoms with Crippen LogP contribution >= 0.6 is 0 Å². The molecule has 0 amide bonds. The molecule has 0 spiro atoms. The summed E-state index contributed by atoms with van der Waals surface area (Å²) in [7, 11) is 0. The minimum atomic E-state index is 0.603. The zero-order chi connectivity index (χ0) is 13.5. The van der Waals surface area contributed by atoms with Gasteiger partial charge in [-0.2, -0.15) is 0 Å². The molecule has 3 heteroatoms. The summed E-state index contributed by atoms with van der Waals surface area (Å²) in [6, 6.07) is 4.03. The fraction of sp³-hybridized carbons (Fsp3) is 0.667. The van der Waals surface area contributed by atoms with Gasteiger partial charge in [0.05, 0.1) is 0 Å². The summed E-state index contributed by atoms with van der Waals surface area (Å²) in [4.78, 5) is 6.49. The van der Waals surface area contributed by atoms with Crippen LogP contribution in [0, 0.1) is 11.8 Å². The zero-order valence-corrected chi connectivity index (χ0v) is 12.2. The highest BCUT2D eigenvalue weighted by atomic mass is 15.1. The van der Waals surface area contributed by atoms with Crippen LogP contribution < -0.4 is 10.6 Å². The predicted octanol–water partition coefficient (Wildman–Crippen LogP) is 3.56.